The Bertz CT molecular complexity index is 469. The number of nitrogens with one attached hydrogen (secondary N) is 1. The average Bonchev–Trinajstić information content (AvgIpc) is 2.73. The van der Waals surface area contributed by atoms with Crippen molar-refractivity contribution in [2.75, 3.05) is 26.3 Å². The maximum atomic E-state index is 10.2. The lowest BCUT2D eigenvalue weighted by Crippen LogP contribution is -2.46. The molecule has 0 aromatic heterocycles. The Kier molecular flexibility index (Phi) is 3.48. The van der Waals surface area contributed by atoms with Crippen molar-refractivity contribution in [3.8, 4) is 5.75 Å². The predicted molar refractivity (Wildman–Crippen MR) is 74.1 cm³/mol. The molecule has 1 fully saturated rings. The second-order valence-electron chi connectivity index (χ2n) is 5.65. The smallest absolute Gasteiger partial charge is 0.120 e. The number of rotatable bonds is 2. The number of hydrogen-bond acceptors (Lipinski definition) is 4. The van der Waals surface area contributed by atoms with E-state index in [0.717, 1.165) is 38.3 Å². The fourth-order valence-corrected chi connectivity index (χ4v) is 3.37. The molecule has 104 valence electrons. The van der Waals surface area contributed by atoms with Gasteiger partial charge < -0.3 is 9.84 Å². The first-order valence-corrected chi connectivity index (χ1v) is 7.08. The highest BCUT2D eigenvalue weighted by molar-refractivity contribution is 5.50. The molecular formula is C15H22N2O2. The molecule has 1 aliphatic carbocycles. The van der Waals surface area contributed by atoms with Gasteiger partial charge in [-0.25, -0.2) is 10.4 Å². The third-order valence-electron chi connectivity index (χ3n) is 4.26. The second-order valence-corrected chi connectivity index (χ2v) is 5.65. The Hall–Kier alpha value is -1.10. The normalized spacial score (nSPS) is 27.5. The van der Waals surface area contributed by atoms with Crippen molar-refractivity contribution in [2.45, 2.75) is 32.2 Å². The Morgan fingerprint density at radius 3 is 2.74 bits per heavy atom. The quantitative estimate of drug-likeness (QED) is 0.856. The molecule has 1 aliphatic heterocycles. The van der Waals surface area contributed by atoms with E-state index >= 15 is 0 Å². The van der Waals surface area contributed by atoms with Crippen molar-refractivity contribution in [1.82, 2.24) is 10.4 Å². The summed E-state index contributed by atoms with van der Waals surface area (Å²) in [6, 6.07) is 4.06. The van der Waals surface area contributed by atoms with Crippen LogP contribution in [-0.2, 0) is 4.74 Å². The first kappa shape index (κ1) is 12.9. The van der Waals surface area contributed by atoms with Gasteiger partial charge in [0.2, 0.25) is 0 Å². The van der Waals surface area contributed by atoms with Crippen LogP contribution in [0.5, 0.6) is 5.75 Å². The van der Waals surface area contributed by atoms with Crippen molar-refractivity contribution in [3.05, 3.63) is 28.8 Å². The zero-order valence-electron chi connectivity index (χ0n) is 11.6. The Morgan fingerprint density at radius 2 is 2.00 bits per heavy atom. The minimum atomic E-state index is 0.225. The van der Waals surface area contributed by atoms with E-state index in [-0.39, 0.29) is 6.04 Å². The maximum Gasteiger partial charge on any atom is 0.120 e. The Labute approximate surface area is 114 Å². The topological polar surface area (TPSA) is 44.7 Å². The molecule has 0 amide bonds. The molecule has 2 atom stereocenters. The van der Waals surface area contributed by atoms with Crippen LogP contribution in [0, 0.1) is 6.92 Å². The van der Waals surface area contributed by atoms with Crippen LogP contribution in [-0.4, -0.2) is 36.4 Å². The van der Waals surface area contributed by atoms with Gasteiger partial charge in [0, 0.05) is 18.7 Å². The van der Waals surface area contributed by atoms with E-state index in [1.54, 1.807) is 0 Å². The summed E-state index contributed by atoms with van der Waals surface area (Å²) >= 11 is 0. The highest BCUT2D eigenvalue weighted by Crippen LogP contribution is 2.45. The minimum Gasteiger partial charge on any atom is -0.508 e. The monoisotopic (exact) mass is 262 g/mol. The number of phenols is 1. The summed E-state index contributed by atoms with van der Waals surface area (Å²) in [6.07, 6.45) is 1.05. The van der Waals surface area contributed by atoms with Crippen LogP contribution < -0.4 is 5.43 Å². The summed E-state index contributed by atoms with van der Waals surface area (Å²) < 4.78 is 5.37. The number of morpholine rings is 1. The minimum absolute atomic E-state index is 0.225. The number of aromatic hydroxyl groups is 1. The van der Waals surface area contributed by atoms with E-state index in [9.17, 15) is 5.11 Å². The zero-order valence-corrected chi connectivity index (χ0v) is 11.6. The van der Waals surface area contributed by atoms with Crippen molar-refractivity contribution in [3.63, 3.8) is 0 Å². The Balaban J connectivity index is 1.84. The van der Waals surface area contributed by atoms with Crippen molar-refractivity contribution in [2.24, 2.45) is 0 Å². The molecule has 2 aliphatic rings. The fourth-order valence-electron chi connectivity index (χ4n) is 3.37. The molecule has 0 spiro atoms. The lowest BCUT2D eigenvalue weighted by Gasteiger charge is -2.30. The number of nitrogens with zero attached hydrogens (tertiary/aromatic N) is 1. The molecule has 1 saturated heterocycles. The van der Waals surface area contributed by atoms with Gasteiger partial charge in [0.1, 0.15) is 5.75 Å². The van der Waals surface area contributed by atoms with Crippen LogP contribution >= 0.6 is 0 Å². The van der Waals surface area contributed by atoms with Crippen LogP contribution in [0.1, 0.15) is 42.0 Å². The van der Waals surface area contributed by atoms with Gasteiger partial charge in [0.15, 0.2) is 0 Å². The van der Waals surface area contributed by atoms with E-state index < -0.39 is 0 Å². The van der Waals surface area contributed by atoms with Gasteiger partial charge in [-0.05, 0) is 36.5 Å². The molecule has 1 aromatic carbocycles. The summed E-state index contributed by atoms with van der Waals surface area (Å²) in [7, 11) is 0. The number of aryl methyl sites for hydroxylation is 1. The largest absolute Gasteiger partial charge is 0.508 e. The van der Waals surface area contributed by atoms with Crippen LogP contribution in [0.3, 0.4) is 0 Å². The number of fused-ring (bicyclic) bond motifs is 1. The summed E-state index contributed by atoms with van der Waals surface area (Å²) in [5.41, 5.74) is 7.27. The highest BCUT2D eigenvalue weighted by atomic mass is 16.5. The summed E-state index contributed by atoms with van der Waals surface area (Å²) in [5.74, 6) is 0.927. The number of phenolic OH excluding ortho intramolecular Hbond substituents is 1. The van der Waals surface area contributed by atoms with Crippen LogP contribution in [0.25, 0.3) is 0 Å². The van der Waals surface area contributed by atoms with Crippen LogP contribution in [0.2, 0.25) is 0 Å². The standard InChI is InChI=1S/C15H22N2O2/c1-10-3-4-13(18)15-12(9-11(2)14(10)15)16-17-5-7-19-8-6-17/h3-4,11-12,16,18H,5-9H2,1-2H3. The first-order chi connectivity index (χ1) is 9.16. The van der Waals surface area contributed by atoms with E-state index in [1.807, 2.05) is 12.1 Å². The van der Waals surface area contributed by atoms with E-state index in [1.165, 1.54) is 11.1 Å². The van der Waals surface area contributed by atoms with E-state index in [2.05, 4.69) is 24.3 Å². The Morgan fingerprint density at radius 1 is 1.26 bits per heavy atom. The molecule has 2 N–H and O–H groups in total. The molecule has 3 rings (SSSR count). The van der Waals surface area contributed by atoms with Crippen molar-refractivity contribution in [1.29, 1.82) is 0 Å². The lowest BCUT2D eigenvalue weighted by atomic mass is 9.97. The van der Waals surface area contributed by atoms with Gasteiger partial charge >= 0.3 is 0 Å². The summed E-state index contributed by atoms with van der Waals surface area (Å²) in [6.45, 7) is 7.75. The number of ether oxygens (including phenoxy) is 1. The highest BCUT2D eigenvalue weighted by Gasteiger charge is 2.33. The summed E-state index contributed by atoms with van der Waals surface area (Å²) in [5, 5.41) is 12.4. The van der Waals surface area contributed by atoms with Crippen molar-refractivity contribution < 1.29 is 9.84 Å². The van der Waals surface area contributed by atoms with E-state index in [0.29, 0.717) is 11.7 Å². The molecule has 4 heteroatoms. The van der Waals surface area contributed by atoms with Gasteiger partial charge in [-0.2, -0.15) is 0 Å². The molecule has 0 radical (unpaired) electrons. The van der Waals surface area contributed by atoms with Gasteiger partial charge in [-0.15, -0.1) is 0 Å². The molecule has 1 heterocycles. The lowest BCUT2D eigenvalue weighted by molar-refractivity contribution is 0.00304. The van der Waals surface area contributed by atoms with Gasteiger partial charge in [0.25, 0.3) is 0 Å². The molecule has 0 bridgehead atoms. The van der Waals surface area contributed by atoms with Gasteiger partial charge in [-0.3, -0.25) is 0 Å². The number of hydrazine groups is 1. The van der Waals surface area contributed by atoms with Gasteiger partial charge in [-0.1, -0.05) is 13.0 Å². The molecular weight excluding hydrogens is 240 g/mol. The molecule has 1 aromatic rings. The van der Waals surface area contributed by atoms with Gasteiger partial charge in [0.05, 0.1) is 19.3 Å². The number of hydrogen-bond donors (Lipinski definition) is 2. The second kappa shape index (κ2) is 5.12. The third-order valence-corrected chi connectivity index (χ3v) is 4.26. The maximum absolute atomic E-state index is 10.2. The van der Waals surface area contributed by atoms with Crippen LogP contribution in [0.4, 0.5) is 0 Å². The molecule has 0 saturated carbocycles. The molecule has 2 unspecified atom stereocenters. The predicted octanol–water partition coefficient (Wildman–Crippen LogP) is 2.09. The van der Waals surface area contributed by atoms with Crippen molar-refractivity contribution >= 4 is 0 Å². The SMILES string of the molecule is Cc1ccc(O)c2c1C(C)CC2NN1CCOCC1. The average molecular weight is 262 g/mol. The van der Waals surface area contributed by atoms with E-state index in [4.69, 9.17) is 4.74 Å². The zero-order chi connectivity index (χ0) is 13.4. The summed E-state index contributed by atoms with van der Waals surface area (Å²) in [4.78, 5) is 0. The first-order valence-electron chi connectivity index (χ1n) is 7.08. The van der Waals surface area contributed by atoms with Crippen LogP contribution in [0.15, 0.2) is 12.1 Å². The molecule has 19 heavy (non-hydrogen) atoms. The fraction of sp³-hybridized carbons (Fsp3) is 0.600. The number of benzene rings is 1. The molecule has 4 nitrogen and oxygen atoms in total. The third kappa shape index (κ3) is 2.36.